The number of hydrogen-bond donors (Lipinski definition) is 0. The van der Waals surface area contributed by atoms with Gasteiger partial charge in [-0.15, -0.1) is 0 Å². The molecule has 0 aliphatic heterocycles. The van der Waals surface area contributed by atoms with Crippen LogP contribution in [0.2, 0.25) is 0 Å². The molecule has 0 unspecified atom stereocenters. The van der Waals surface area contributed by atoms with Crippen LogP contribution >= 0.6 is 0 Å². The molecule has 0 radical (unpaired) electrons. The number of anilines is 1. The highest BCUT2D eigenvalue weighted by Gasteiger charge is 2.30. The summed E-state index contributed by atoms with van der Waals surface area (Å²) < 4.78 is 44.1. The summed E-state index contributed by atoms with van der Waals surface area (Å²) in [4.78, 5) is 18.7. The molecule has 0 atom stereocenters. The van der Waals surface area contributed by atoms with Gasteiger partial charge >= 0.3 is 6.18 Å². The maximum atomic E-state index is 12.8. The Morgan fingerprint density at radius 3 is 2.57 bits per heavy atom. The summed E-state index contributed by atoms with van der Waals surface area (Å²) in [5, 5.41) is 3.59. The van der Waals surface area contributed by atoms with Crippen molar-refractivity contribution in [2.75, 3.05) is 18.1 Å². The van der Waals surface area contributed by atoms with Gasteiger partial charge < -0.3 is 14.5 Å². The number of ether oxygens (including phenoxy) is 1. The van der Waals surface area contributed by atoms with E-state index in [4.69, 9.17) is 9.57 Å². The molecule has 1 amide bonds. The van der Waals surface area contributed by atoms with Gasteiger partial charge in [0.1, 0.15) is 25.2 Å². The van der Waals surface area contributed by atoms with Crippen molar-refractivity contribution >= 4 is 17.8 Å². The molecule has 2 rings (SSSR count). The van der Waals surface area contributed by atoms with E-state index in [9.17, 15) is 18.0 Å². The fourth-order valence-electron chi connectivity index (χ4n) is 2.49. The standard InChI is InChI=1S/C20H21F3N2O3/c1-3-25(19(26)13-24-28-4-2)18-11-6-5-8-15(18)14-27-17-10-7-9-16(12-17)20(21,22)23/h5-13H,3-4,14H2,1-2H3. The number of halogens is 3. The van der Waals surface area contributed by atoms with Gasteiger partial charge in [-0.1, -0.05) is 29.4 Å². The number of nitrogens with zero attached hydrogens (tertiary/aromatic N) is 2. The molecule has 0 bridgehead atoms. The first-order valence-corrected chi connectivity index (χ1v) is 8.71. The van der Waals surface area contributed by atoms with Crippen molar-refractivity contribution in [2.24, 2.45) is 5.16 Å². The highest BCUT2D eigenvalue weighted by molar-refractivity contribution is 6.32. The molecular weight excluding hydrogens is 373 g/mol. The third-order valence-corrected chi connectivity index (χ3v) is 3.79. The van der Waals surface area contributed by atoms with Crippen LogP contribution in [0, 0.1) is 0 Å². The van der Waals surface area contributed by atoms with Crippen molar-refractivity contribution in [3.63, 3.8) is 0 Å². The molecule has 28 heavy (non-hydrogen) atoms. The second-order valence-corrected chi connectivity index (χ2v) is 5.68. The minimum Gasteiger partial charge on any atom is -0.489 e. The summed E-state index contributed by atoms with van der Waals surface area (Å²) in [5.74, 6) is -0.278. The average Bonchev–Trinajstić information content (AvgIpc) is 2.67. The molecule has 0 fully saturated rings. The summed E-state index contributed by atoms with van der Waals surface area (Å²) in [6.07, 6.45) is -3.36. The van der Waals surface area contributed by atoms with Crippen LogP contribution in [0.15, 0.2) is 53.7 Å². The molecule has 0 spiro atoms. The van der Waals surface area contributed by atoms with E-state index in [2.05, 4.69) is 5.16 Å². The van der Waals surface area contributed by atoms with Crippen LogP contribution in [-0.2, 0) is 22.4 Å². The number of alkyl halides is 3. The molecule has 0 saturated heterocycles. The minimum absolute atomic E-state index is 0.00384. The third-order valence-electron chi connectivity index (χ3n) is 3.79. The molecular formula is C20H21F3N2O3. The average molecular weight is 394 g/mol. The number of benzene rings is 2. The molecule has 0 saturated carbocycles. The minimum atomic E-state index is -4.44. The Balaban J connectivity index is 2.18. The molecule has 0 aliphatic rings. The summed E-state index contributed by atoms with van der Waals surface area (Å²) in [6, 6.07) is 11.7. The highest BCUT2D eigenvalue weighted by Crippen LogP contribution is 2.31. The molecule has 0 aromatic heterocycles. The van der Waals surface area contributed by atoms with Crippen molar-refractivity contribution in [3.8, 4) is 5.75 Å². The lowest BCUT2D eigenvalue weighted by atomic mass is 10.1. The third kappa shape index (κ3) is 5.73. The molecule has 0 heterocycles. The van der Waals surface area contributed by atoms with E-state index in [-0.39, 0.29) is 18.3 Å². The normalized spacial score (nSPS) is 11.5. The number of oxime groups is 1. The number of rotatable bonds is 8. The van der Waals surface area contributed by atoms with Crippen LogP contribution < -0.4 is 9.64 Å². The van der Waals surface area contributed by atoms with Gasteiger partial charge in [-0.3, -0.25) is 4.79 Å². The Morgan fingerprint density at radius 1 is 1.14 bits per heavy atom. The summed E-state index contributed by atoms with van der Waals surface area (Å²) >= 11 is 0. The molecule has 2 aromatic rings. The van der Waals surface area contributed by atoms with E-state index < -0.39 is 11.7 Å². The largest absolute Gasteiger partial charge is 0.489 e. The van der Waals surface area contributed by atoms with Crippen LogP contribution in [0.3, 0.4) is 0 Å². The van der Waals surface area contributed by atoms with Crippen molar-refractivity contribution in [3.05, 3.63) is 59.7 Å². The fraction of sp³-hybridized carbons (Fsp3) is 0.300. The van der Waals surface area contributed by atoms with Crippen LogP contribution in [-0.4, -0.2) is 25.3 Å². The first kappa shape index (κ1) is 21.3. The van der Waals surface area contributed by atoms with Crippen molar-refractivity contribution < 1.29 is 27.5 Å². The zero-order chi connectivity index (χ0) is 20.6. The number of hydrogen-bond acceptors (Lipinski definition) is 4. The van der Waals surface area contributed by atoms with Crippen LogP contribution in [0.5, 0.6) is 5.75 Å². The smallest absolute Gasteiger partial charge is 0.416 e. The summed E-state index contributed by atoms with van der Waals surface area (Å²) in [6.45, 7) is 4.27. The molecule has 5 nitrogen and oxygen atoms in total. The lowest BCUT2D eigenvalue weighted by Crippen LogP contribution is -2.32. The number of carbonyl (C=O) groups is 1. The lowest BCUT2D eigenvalue weighted by molar-refractivity contribution is -0.137. The zero-order valence-corrected chi connectivity index (χ0v) is 15.6. The quantitative estimate of drug-likeness (QED) is 0.483. The van der Waals surface area contributed by atoms with E-state index in [1.807, 2.05) is 0 Å². The maximum Gasteiger partial charge on any atom is 0.416 e. The second kappa shape index (κ2) is 9.77. The van der Waals surface area contributed by atoms with Gasteiger partial charge in [0, 0.05) is 12.1 Å². The monoisotopic (exact) mass is 394 g/mol. The SMILES string of the molecule is CCON=CC(=O)N(CC)c1ccccc1COc1cccc(C(F)(F)F)c1. The molecule has 8 heteroatoms. The zero-order valence-electron chi connectivity index (χ0n) is 15.6. The predicted molar refractivity (Wildman–Crippen MR) is 100 cm³/mol. The number of amides is 1. The Bertz CT molecular complexity index is 822. The Hall–Kier alpha value is -3.03. The Kier molecular flexibility index (Phi) is 7.43. The van der Waals surface area contributed by atoms with Gasteiger partial charge in [0.25, 0.3) is 5.91 Å². The van der Waals surface area contributed by atoms with Gasteiger partial charge in [0.15, 0.2) is 0 Å². The van der Waals surface area contributed by atoms with Crippen molar-refractivity contribution in [1.82, 2.24) is 0 Å². The van der Waals surface area contributed by atoms with Gasteiger partial charge in [-0.05, 0) is 38.1 Å². The highest BCUT2D eigenvalue weighted by atomic mass is 19.4. The van der Waals surface area contributed by atoms with Gasteiger partial charge in [0.05, 0.1) is 11.3 Å². The van der Waals surface area contributed by atoms with Crippen LogP contribution in [0.4, 0.5) is 18.9 Å². The first-order chi connectivity index (χ1) is 13.4. The fourth-order valence-corrected chi connectivity index (χ4v) is 2.49. The summed E-state index contributed by atoms with van der Waals surface area (Å²) in [5.41, 5.74) is 0.459. The van der Waals surface area contributed by atoms with Gasteiger partial charge in [0.2, 0.25) is 0 Å². The maximum absolute atomic E-state index is 12.8. The summed E-state index contributed by atoms with van der Waals surface area (Å²) in [7, 11) is 0. The molecule has 0 aliphatic carbocycles. The van der Waals surface area contributed by atoms with Gasteiger partial charge in [-0.25, -0.2) is 0 Å². The number of carbonyl (C=O) groups excluding carboxylic acids is 1. The topological polar surface area (TPSA) is 51.1 Å². The van der Waals surface area contributed by atoms with E-state index in [0.29, 0.717) is 24.4 Å². The molecule has 0 N–H and O–H groups in total. The van der Waals surface area contributed by atoms with E-state index in [1.165, 1.54) is 17.0 Å². The van der Waals surface area contributed by atoms with E-state index in [1.54, 1.807) is 38.1 Å². The van der Waals surface area contributed by atoms with E-state index in [0.717, 1.165) is 18.3 Å². The molecule has 150 valence electrons. The Labute approximate surface area is 161 Å². The second-order valence-electron chi connectivity index (χ2n) is 5.68. The van der Waals surface area contributed by atoms with Crippen LogP contribution in [0.25, 0.3) is 0 Å². The van der Waals surface area contributed by atoms with Crippen LogP contribution in [0.1, 0.15) is 25.0 Å². The van der Waals surface area contributed by atoms with E-state index >= 15 is 0 Å². The number of para-hydroxylation sites is 1. The molecule has 2 aromatic carbocycles. The lowest BCUT2D eigenvalue weighted by Gasteiger charge is -2.22. The first-order valence-electron chi connectivity index (χ1n) is 8.71. The Morgan fingerprint density at radius 2 is 1.89 bits per heavy atom. The van der Waals surface area contributed by atoms with Gasteiger partial charge in [-0.2, -0.15) is 13.2 Å². The van der Waals surface area contributed by atoms with Crippen molar-refractivity contribution in [2.45, 2.75) is 26.6 Å². The van der Waals surface area contributed by atoms with Crippen molar-refractivity contribution in [1.29, 1.82) is 0 Å². The predicted octanol–water partition coefficient (Wildman–Crippen LogP) is 4.66.